The molecule has 2 rings (SSSR count). The van der Waals surface area contributed by atoms with Gasteiger partial charge in [0.15, 0.2) is 0 Å². The molecule has 1 aliphatic carbocycles. The zero-order valence-corrected chi connectivity index (χ0v) is 12.4. The van der Waals surface area contributed by atoms with E-state index in [-0.39, 0.29) is 6.04 Å². The first kappa shape index (κ1) is 14.5. The van der Waals surface area contributed by atoms with Gasteiger partial charge < -0.3 is 10.5 Å². The summed E-state index contributed by atoms with van der Waals surface area (Å²) >= 11 is 0. The minimum atomic E-state index is 0.175. The van der Waals surface area contributed by atoms with E-state index in [2.05, 4.69) is 45.0 Å². The zero-order chi connectivity index (χ0) is 13.8. The van der Waals surface area contributed by atoms with Gasteiger partial charge in [0.2, 0.25) is 0 Å². The highest BCUT2D eigenvalue weighted by atomic mass is 16.5. The van der Waals surface area contributed by atoms with Crippen LogP contribution in [0.25, 0.3) is 0 Å². The molecule has 0 saturated heterocycles. The molecule has 1 aromatic rings. The Balaban J connectivity index is 1.82. The summed E-state index contributed by atoms with van der Waals surface area (Å²) in [5, 5.41) is 0. The maximum absolute atomic E-state index is 6.31. The number of ether oxygens (including phenoxy) is 1. The van der Waals surface area contributed by atoms with Crippen molar-refractivity contribution < 1.29 is 4.74 Å². The lowest BCUT2D eigenvalue weighted by Crippen LogP contribution is -2.33. The van der Waals surface area contributed by atoms with Crippen molar-refractivity contribution in [2.75, 3.05) is 6.61 Å². The third kappa shape index (κ3) is 3.80. The van der Waals surface area contributed by atoms with Gasteiger partial charge in [-0.1, -0.05) is 38.1 Å². The van der Waals surface area contributed by atoms with Crippen molar-refractivity contribution in [2.24, 2.45) is 11.7 Å². The van der Waals surface area contributed by atoms with Crippen molar-refractivity contribution in [3.63, 3.8) is 0 Å². The molecule has 1 saturated carbocycles. The molecular weight excluding hydrogens is 234 g/mol. The molecule has 0 amide bonds. The van der Waals surface area contributed by atoms with Crippen LogP contribution in [0.2, 0.25) is 0 Å². The molecule has 106 valence electrons. The van der Waals surface area contributed by atoms with Gasteiger partial charge in [-0.15, -0.1) is 0 Å². The zero-order valence-electron chi connectivity index (χ0n) is 12.4. The summed E-state index contributed by atoms with van der Waals surface area (Å²) in [5.74, 6) is 1.33. The Morgan fingerprint density at radius 1 is 1.16 bits per heavy atom. The van der Waals surface area contributed by atoms with Crippen LogP contribution in [0.15, 0.2) is 24.3 Å². The van der Waals surface area contributed by atoms with Crippen LogP contribution >= 0.6 is 0 Å². The average molecular weight is 261 g/mol. The van der Waals surface area contributed by atoms with E-state index in [0.29, 0.717) is 12.0 Å². The second-order valence-corrected chi connectivity index (χ2v) is 6.08. The van der Waals surface area contributed by atoms with E-state index >= 15 is 0 Å². The van der Waals surface area contributed by atoms with Gasteiger partial charge in [-0.25, -0.2) is 0 Å². The van der Waals surface area contributed by atoms with Crippen molar-refractivity contribution in [3.8, 4) is 0 Å². The molecule has 1 atom stereocenters. The van der Waals surface area contributed by atoms with Crippen molar-refractivity contribution in [1.29, 1.82) is 0 Å². The number of hydrogen-bond donors (Lipinski definition) is 1. The predicted molar refractivity (Wildman–Crippen MR) is 80.2 cm³/mol. The van der Waals surface area contributed by atoms with Gasteiger partial charge in [0.1, 0.15) is 0 Å². The normalized spacial score (nSPS) is 24.3. The van der Waals surface area contributed by atoms with Crippen molar-refractivity contribution >= 4 is 0 Å². The van der Waals surface area contributed by atoms with E-state index < -0.39 is 0 Å². The second kappa shape index (κ2) is 6.53. The lowest BCUT2D eigenvalue weighted by Gasteiger charge is -2.36. The van der Waals surface area contributed by atoms with Crippen LogP contribution in [0.4, 0.5) is 0 Å². The van der Waals surface area contributed by atoms with Crippen LogP contribution in [0.1, 0.15) is 63.1 Å². The van der Waals surface area contributed by atoms with E-state index in [9.17, 15) is 0 Å². The SMILES string of the molecule is CCOC1CC(CC(N)c2ccc(C(C)C)cc2)C1. The summed E-state index contributed by atoms with van der Waals surface area (Å²) in [6.07, 6.45) is 3.95. The molecule has 0 aromatic heterocycles. The molecule has 1 aliphatic rings. The van der Waals surface area contributed by atoms with Crippen molar-refractivity contribution in [1.82, 2.24) is 0 Å². The molecule has 19 heavy (non-hydrogen) atoms. The number of nitrogens with two attached hydrogens (primary N) is 1. The smallest absolute Gasteiger partial charge is 0.0580 e. The molecule has 0 spiro atoms. The molecule has 0 bridgehead atoms. The van der Waals surface area contributed by atoms with Gasteiger partial charge in [0, 0.05) is 12.6 Å². The van der Waals surface area contributed by atoms with Gasteiger partial charge in [-0.3, -0.25) is 0 Å². The standard InChI is InChI=1S/C17H27NO/c1-4-19-16-9-13(10-16)11-17(18)15-7-5-14(6-8-15)12(2)3/h5-8,12-13,16-17H,4,9-11,18H2,1-3H3. The molecule has 0 heterocycles. The fourth-order valence-corrected chi connectivity index (χ4v) is 2.86. The number of rotatable bonds is 6. The summed E-state index contributed by atoms with van der Waals surface area (Å²) in [5.41, 5.74) is 8.96. The van der Waals surface area contributed by atoms with E-state index in [1.54, 1.807) is 0 Å². The summed E-state index contributed by atoms with van der Waals surface area (Å²) in [6.45, 7) is 7.34. The molecule has 2 nitrogen and oxygen atoms in total. The predicted octanol–water partition coefficient (Wildman–Crippen LogP) is 4.02. The minimum absolute atomic E-state index is 0.175. The summed E-state index contributed by atoms with van der Waals surface area (Å²) < 4.78 is 5.60. The van der Waals surface area contributed by atoms with Gasteiger partial charge >= 0.3 is 0 Å². The average Bonchev–Trinajstić information content (AvgIpc) is 2.36. The Morgan fingerprint density at radius 2 is 1.74 bits per heavy atom. The molecular formula is C17H27NO. The van der Waals surface area contributed by atoms with E-state index in [1.807, 2.05) is 0 Å². The first-order chi connectivity index (χ1) is 9.10. The third-order valence-electron chi connectivity index (χ3n) is 4.21. The molecule has 1 fully saturated rings. The van der Waals surface area contributed by atoms with Crippen LogP contribution in [0.5, 0.6) is 0 Å². The Hall–Kier alpha value is -0.860. The van der Waals surface area contributed by atoms with Crippen LogP contribution in [-0.4, -0.2) is 12.7 Å². The fourth-order valence-electron chi connectivity index (χ4n) is 2.86. The van der Waals surface area contributed by atoms with Crippen LogP contribution < -0.4 is 5.73 Å². The Bertz CT molecular complexity index is 379. The van der Waals surface area contributed by atoms with E-state index in [1.165, 1.54) is 24.0 Å². The summed E-state index contributed by atoms with van der Waals surface area (Å²) in [7, 11) is 0. The Morgan fingerprint density at radius 3 is 2.26 bits per heavy atom. The highest BCUT2D eigenvalue weighted by molar-refractivity contribution is 5.26. The van der Waals surface area contributed by atoms with Crippen LogP contribution in [-0.2, 0) is 4.74 Å². The third-order valence-corrected chi connectivity index (χ3v) is 4.21. The highest BCUT2D eigenvalue weighted by Gasteiger charge is 2.30. The van der Waals surface area contributed by atoms with Gasteiger partial charge in [-0.05, 0) is 49.1 Å². The monoisotopic (exact) mass is 261 g/mol. The van der Waals surface area contributed by atoms with Crippen molar-refractivity contribution in [2.45, 2.75) is 58.1 Å². The molecule has 1 aromatic carbocycles. The maximum Gasteiger partial charge on any atom is 0.0580 e. The minimum Gasteiger partial charge on any atom is -0.378 e. The summed E-state index contributed by atoms with van der Waals surface area (Å²) in [4.78, 5) is 0. The summed E-state index contributed by atoms with van der Waals surface area (Å²) in [6, 6.07) is 8.98. The lowest BCUT2D eigenvalue weighted by molar-refractivity contribution is -0.0282. The van der Waals surface area contributed by atoms with Gasteiger partial charge in [0.25, 0.3) is 0 Å². The van der Waals surface area contributed by atoms with E-state index in [4.69, 9.17) is 10.5 Å². The molecule has 2 N–H and O–H groups in total. The van der Waals surface area contributed by atoms with Crippen molar-refractivity contribution in [3.05, 3.63) is 35.4 Å². The maximum atomic E-state index is 6.31. The first-order valence-corrected chi connectivity index (χ1v) is 7.57. The van der Waals surface area contributed by atoms with E-state index in [0.717, 1.165) is 18.9 Å². The van der Waals surface area contributed by atoms with Gasteiger partial charge in [0.05, 0.1) is 6.10 Å². The highest BCUT2D eigenvalue weighted by Crippen LogP contribution is 2.36. The Kier molecular flexibility index (Phi) is 5.00. The first-order valence-electron chi connectivity index (χ1n) is 7.57. The van der Waals surface area contributed by atoms with Crippen LogP contribution in [0.3, 0.4) is 0 Å². The second-order valence-electron chi connectivity index (χ2n) is 6.08. The molecule has 0 radical (unpaired) electrons. The quantitative estimate of drug-likeness (QED) is 0.839. The molecule has 0 aliphatic heterocycles. The van der Waals surface area contributed by atoms with Gasteiger partial charge in [-0.2, -0.15) is 0 Å². The molecule has 1 unspecified atom stereocenters. The Labute approximate surface area is 117 Å². The number of hydrogen-bond acceptors (Lipinski definition) is 2. The lowest BCUT2D eigenvalue weighted by atomic mass is 9.77. The largest absolute Gasteiger partial charge is 0.378 e. The topological polar surface area (TPSA) is 35.2 Å². The number of benzene rings is 1. The fraction of sp³-hybridized carbons (Fsp3) is 0.647. The molecule has 2 heteroatoms. The van der Waals surface area contributed by atoms with Crippen LogP contribution in [0, 0.1) is 5.92 Å².